The number of unbranched alkanes of at least 4 members (excludes halogenated alkanes) is 18. The number of esters is 1. The van der Waals surface area contributed by atoms with E-state index in [1.165, 1.54) is 135 Å². The van der Waals surface area contributed by atoms with E-state index >= 15 is 0 Å². The van der Waals surface area contributed by atoms with Gasteiger partial charge in [-0.1, -0.05) is 156 Å². The van der Waals surface area contributed by atoms with Gasteiger partial charge in [-0.15, -0.1) is 0 Å². The van der Waals surface area contributed by atoms with Crippen LogP contribution in [0.5, 0.6) is 0 Å². The van der Waals surface area contributed by atoms with E-state index in [0.717, 1.165) is 18.8 Å². The topological polar surface area (TPSA) is 26.3 Å². The van der Waals surface area contributed by atoms with Crippen LogP contribution in [-0.4, -0.2) is 12.6 Å². The maximum Gasteiger partial charge on any atom is 0.305 e. The average Bonchev–Trinajstić information content (AvgIpc) is 2.79. The van der Waals surface area contributed by atoms with Gasteiger partial charge in [-0.2, -0.15) is 0 Å². The van der Waals surface area contributed by atoms with Crippen molar-refractivity contribution < 1.29 is 9.53 Å². The highest BCUT2D eigenvalue weighted by Crippen LogP contribution is 2.17. The molecule has 0 heterocycles. The number of hydrogen-bond acceptors (Lipinski definition) is 2. The SMILES string of the molecule is CCCCCCCCCCCCCOC(=O)CCCCCCCCCCC(C)CCCC. The van der Waals surface area contributed by atoms with Crippen LogP contribution in [0.25, 0.3) is 0 Å². The molecule has 1 atom stereocenters. The quantitative estimate of drug-likeness (QED) is 0.0963. The Labute approximate surface area is 203 Å². The van der Waals surface area contributed by atoms with Gasteiger partial charge in [-0.05, 0) is 18.8 Å². The lowest BCUT2D eigenvalue weighted by atomic mass is 9.97. The molecule has 2 heteroatoms. The highest BCUT2D eigenvalue weighted by molar-refractivity contribution is 5.69. The van der Waals surface area contributed by atoms with E-state index in [-0.39, 0.29) is 5.97 Å². The van der Waals surface area contributed by atoms with E-state index in [1.807, 2.05) is 0 Å². The van der Waals surface area contributed by atoms with Gasteiger partial charge in [0.2, 0.25) is 0 Å². The smallest absolute Gasteiger partial charge is 0.305 e. The second-order valence-corrected chi connectivity index (χ2v) is 10.4. The average molecular weight is 453 g/mol. The van der Waals surface area contributed by atoms with Crippen LogP contribution >= 0.6 is 0 Å². The molecule has 0 saturated carbocycles. The van der Waals surface area contributed by atoms with Gasteiger partial charge in [0.1, 0.15) is 0 Å². The molecule has 0 saturated heterocycles. The molecule has 0 aromatic rings. The van der Waals surface area contributed by atoms with Crippen LogP contribution < -0.4 is 0 Å². The molecule has 0 aliphatic heterocycles. The fourth-order valence-electron chi connectivity index (χ4n) is 4.54. The maximum atomic E-state index is 11.8. The van der Waals surface area contributed by atoms with Crippen LogP contribution in [-0.2, 0) is 9.53 Å². The fourth-order valence-corrected chi connectivity index (χ4v) is 4.54. The van der Waals surface area contributed by atoms with Crippen molar-refractivity contribution in [2.75, 3.05) is 6.61 Å². The van der Waals surface area contributed by atoms with Gasteiger partial charge in [-0.3, -0.25) is 4.79 Å². The number of carbonyl (C=O) groups is 1. The van der Waals surface area contributed by atoms with Crippen LogP contribution in [0.15, 0.2) is 0 Å². The Hall–Kier alpha value is -0.530. The molecule has 1 unspecified atom stereocenters. The molecular weight excluding hydrogens is 392 g/mol. The van der Waals surface area contributed by atoms with Crippen molar-refractivity contribution in [1.29, 1.82) is 0 Å². The molecule has 0 aromatic carbocycles. The number of ether oxygens (including phenoxy) is 1. The predicted molar refractivity (Wildman–Crippen MR) is 142 cm³/mol. The van der Waals surface area contributed by atoms with Crippen molar-refractivity contribution in [3.63, 3.8) is 0 Å². The molecule has 0 N–H and O–H groups in total. The Morgan fingerprint density at radius 1 is 0.531 bits per heavy atom. The summed E-state index contributed by atoms with van der Waals surface area (Å²) in [5, 5.41) is 0. The second-order valence-electron chi connectivity index (χ2n) is 10.4. The monoisotopic (exact) mass is 452 g/mol. The fraction of sp³-hybridized carbons (Fsp3) is 0.967. The minimum absolute atomic E-state index is 0.0225. The first kappa shape index (κ1) is 31.5. The summed E-state index contributed by atoms with van der Waals surface area (Å²) in [7, 11) is 0. The summed E-state index contributed by atoms with van der Waals surface area (Å²) in [6, 6.07) is 0. The first-order valence-electron chi connectivity index (χ1n) is 14.9. The molecule has 192 valence electrons. The second kappa shape index (κ2) is 26.7. The first-order chi connectivity index (χ1) is 15.7. The van der Waals surface area contributed by atoms with Gasteiger partial charge in [0.25, 0.3) is 0 Å². The molecule has 32 heavy (non-hydrogen) atoms. The Balaban J connectivity index is 3.19. The van der Waals surface area contributed by atoms with E-state index in [2.05, 4.69) is 20.8 Å². The van der Waals surface area contributed by atoms with E-state index in [1.54, 1.807) is 0 Å². The summed E-state index contributed by atoms with van der Waals surface area (Å²) in [6.07, 6.45) is 31.2. The predicted octanol–water partition coefficient (Wildman–Crippen LogP) is 10.6. The summed E-state index contributed by atoms with van der Waals surface area (Å²) < 4.78 is 5.40. The standard InChI is InChI=1S/C30H60O2/c1-4-6-8-9-10-11-12-15-18-21-24-28-32-30(31)27-23-20-17-14-13-16-19-22-26-29(3)25-7-5-2/h29H,4-28H2,1-3H3. The van der Waals surface area contributed by atoms with Gasteiger partial charge in [0.05, 0.1) is 6.61 Å². The largest absolute Gasteiger partial charge is 0.466 e. The van der Waals surface area contributed by atoms with Crippen LogP contribution in [0.3, 0.4) is 0 Å². The lowest BCUT2D eigenvalue weighted by Gasteiger charge is -2.10. The maximum absolute atomic E-state index is 11.8. The number of rotatable bonds is 26. The lowest BCUT2D eigenvalue weighted by Crippen LogP contribution is -2.05. The van der Waals surface area contributed by atoms with E-state index in [9.17, 15) is 4.79 Å². The van der Waals surface area contributed by atoms with Crippen molar-refractivity contribution >= 4 is 5.97 Å². The summed E-state index contributed by atoms with van der Waals surface area (Å²) in [5.74, 6) is 0.943. The van der Waals surface area contributed by atoms with Crippen molar-refractivity contribution in [2.24, 2.45) is 5.92 Å². The summed E-state index contributed by atoms with van der Waals surface area (Å²) >= 11 is 0. The normalized spacial score (nSPS) is 12.2. The van der Waals surface area contributed by atoms with E-state index in [0.29, 0.717) is 13.0 Å². The van der Waals surface area contributed by atoms with Crippen molar-refractivity contribution in [3.05, 3.63) is 0 Å². The first-order valence-corrected chi connectivity index (χ1v) is 14.9. The molecule has 0 fully saturated rings. The zero-order valence-electron chi connectivity index (χ0n) is 22.6. The van der Waals surface area contributed by atoms with E-state index < -0.39 is 0 Å². The Bertz CT molecular complexity index is 366. The van der Waals surface area contributed by atoms with Crippen LogP contribution in [0, 0.1) is 5.92 Å². The Kier molecular flexibility index (Phi) is 26.3. The van der Waals surface area contributed by atoms with Gasteiger partial charge in [0.15, 0.2) is 0 Å². The molecule has 0 rings (SSSR count). The molecule has 0 bridgehead atoms. The minimum atomic E-state index is 0.0225. The third-order valence-electron chi connectivity index (χ3n) is 6.89. The molecule has 0 aliphatic rings. The number of hydrogen-bond donors (Lipinski definition) is 0. The molecule has 0 radical (unpaired) electrons. The van der Waals surface area contributed by atoms with Gasteiger partial charge >= 0.3 is 5.97 Å². The van der Waals surface area contributed by atoms with E-state index in [4.69, 9.17) is 4.74 Å². The summed E-state index contributed by atoms with van der Waals surface area (Å²) in [4.78, 5) is 11.8. The molecule has 2 nitrogen and oxygen atoms in total. The summed E-state index contributed by atoms with van der Waals surface area (Å²) in [5.41, 5.74) is 0. The molecule has 0 aliphatic carbocycles. The number of carbonyl (C=O) groups excluding carboxylic acids is 1. The Morgan fingerprint density at radius 3 is 1.47 bits per heavy atom. The zero-order valence-corrected chi connectivity index (χ0v) is 22.6. The zero-order chi connectivity index (χ0) is 23.5. The summed E-state index contributed by atoms with van der Waals surface area (Å²) in [6.45, 7) is 7.61. The molecular formula is C30H60O2. The van der Waals surface area contributed by atoms with Crippen molar-refractivity contribution in [3.8, 4) is 0 Å². The highest BCUT2D eigenvalue weighted by atomic mass is 16.5. The minimum Gasteiger partial charge on any atom is -0.466 e. The van der Waals surface area contributed by atoms with Crippen molar-refractivity contribution in [1.82, 2.24) is 0 Å². The third-order valence-corrected chi connectivity index (χ3v) is 6.89. The van der Waals surface area contributed by atoms with Crippen LogP contribution in [0.4, 0.5) is 0 Å². The van der Waals surface area contributed by atoms with Crippen LogP contribution in [0.1, 0.15) is 175 Å². The van der Waals surface area contributed by atoms with Crippen LogP contribution in [0.2, 0.25) is 0 Å². The molecule has 0 aromatic heterocycles. The molecule has 0 spiro atoms. The van der Waals surface area contributed by atoms with Gasteiger partial charge in [-0.25, -0.2) is 0 Å². The van der Waals surface area contributed by atoms with Crippen molar-refractivity contribution in [2.45, 2.75) is 175 Å². The molecule has 0 amide bonds. The van der Waals surface area contributed by atoms with Gasteiger partial charge < -0.3 is 4.74 Å². The third kappa shape index (κ3) is 25.7. The highest BCUT2D eigenvalue weighted by Gasteiger charge is 2.03. The Morgan fingerprint density at radius 2 is 0.938 bits per heavy atom. The lowest BCUT2D eigenvalue weighted by molar-refractivity contribution is -0.143. The van der Waals surface area contributed by atoms with Gasteiger partial charge in [0, 0.05) is 6.42 Å².